The van der Waals surface area contributed by atoms with Gasteiger partial charge in [0.05, 0.1) is 13.2 Å². The first-order valence-electron chi connectivity index (χ1n) is 5.86. The van der Waals surface area contributed by atoms with Gasteiger partial charge >= 0.3 is 0 Å². The lowest BCUT2D eigenvalue weighted by Crippen LogP contribution is -2.01. The number of aromatic nitrogens is 1. The summed E-state index contributed by atoms with van der Waals surface area (Å²) in [7, 11) is 0. The molecule has 1 heterocycles. The topological polar surface area (TPSA) is 74.2 Å². The van der Waals surface area contributed by atoms with Gasteiger partial charge < -0.3 is 16.2 Å². The maximum absolute atomic E-state index is 5.71. The van der Waals surface area contributed by atoms with E-state index in [1.165, 1.54) is 0 Å². The second-order valence-corrected chi connectivity index (χ2v) is 4.13. The van der Waals surface area contributed by atoms with E-state index < -0.39 is 0 Å². The van der Waals surface area contributed by atoms with Gasteiger partial charge in [0.2, 0.25) is 0 Å². The molecule has 0 aliphatic carbocycles. The smallest absolute Gasteiger partial charge is 0.0718 e. The number of nitrogen functional groups attached to an aromatic ring is 2. The van der Waals surface area contributed by atoms with Gasteiger partial charge in [-0.2, -0.15) is 0 Å². The molecule has 0 atom stereocenters. The van der Waals surface area contributed by atoms with Gasteiger partial charge in [-0.05, 0) is 35.9 Å². The lowest BCUT2D eigenvalue weighted by Gasteiger charge is -2.06. The van der Waals surface area contributed by atoms with Crippen molar-refractivity contribution in [2.45, 2.75) is 13.0 Å². The molecule has 0 fully saturated rings. The van der Waals surface area contributed by atoms with E-state index >= 15 is 0 Å². The highest BCUT2D eigenvalue weighted by Gasteiger charge is 1.98. The molecule has 1 aromatic heterocycles. The molecule has 0 aliphatic rings. The minimum Gasteiger partial charge on any atom is -0.399 e. The normalized spacial score (nSPS) is 10.4. The molecule has 4 N–H and O–H groups in total. The van der Waals surface area contributed by atoms with Crippen molar-refractivity contribution in [3.63, 3.8) is 0 Å². The van der Waals surface area contributed by atoms with Crippen LogP contribution < -0.4 is 11.5 Å². The Morgan fingerprint density at radius 2 is 1.83 bits per heavy atom. The molecule has 0 unspecified atom stereocenters. The highest BCUT2D eigenvalue weighted by atomic mass is 16.5. The number of hydrogen-bond donors (Lipinski definition) is 2. The van der Waals surface area contributed by atoms with E-state index in [1.54, 1.807) is 12.3 Å². The van der Waals surface area contributed by atoms with Crippen molar-refractivity contribution in [2.75, 3.05) is 18.1 Å². The molecule has 0 bridgehead atoms. The molecule has 0 radical (unpaired) electrons. The van der Waals surface area contributed by atoms with Crippen molar-refractivity contribution in [2.24, 2.45) is 0 Å². The molecule has 4 heteroatoms. The summed E-state index contributed by atoms with van der Waals surface area (Å²) in [5.74, 6) is 0. The summed E-state index contributed by atoms with van der Waals surface area (Å²) in [4.78, 5) is 4.23. The number of pyridine rings is 1. The summed E-state index contributed by atoms with van der Waals surface area (Å²) in [6.45, 7) is 1.15. The van der Waals surface area contributed by atoms with Crippen LogP contribution in [0.1, 0.15) is 11.3 Å². The molecule has 94 valence electrons. The third kappa shape index (κ3) is 3.75. The van der Waals surface area contributed by atoms with Crippen molar-refractivity contribution in [1.29, 1.82) is 0 Å². The summed E-state index contributed by atoms with van der Waals surface area (Å²) in [6, 6.07) is 11.3. The Morgan fingerprint density at radius 3 is 2.50 bits per heavy atom. The zero-order valence-corrected chi connectivity index (χ0v) is 10.2. The molecule has 0 aliphatic heterocycles. The number of nitrogens with zero attached hydrogens (tertiary/aromatic N) is 1. The molecule has 2 aromatic rings. The summed E-state index contributed by atoms with van der Waals surface area (Å²) in [5.41, 5.74) is 14.8. The van der Waals surface area contributed by atoms with Crippen LogP contribution in [-0.4, -0.2) is 11.6 Å². The number of ether oxygens (including phenoxy) is 1. The van der Waals surface area contributed by atoms with E-state index in [0.29, 0.717) is 24.6 Å². The Kier molecular flexibility index (Phi) is 4.15. The van der Waals surface area contributed by atoms with Crippen LogP contribution in [0, 0.1) is 0 Å². The molecule has 4 nitrogen and oxygen atoms in total. The Labute approximate surface area is 107 Å². The maximum atomic E-state index is 5.71. The van der Waals surface area contributed by atoms with Gasteiger partial charge in [0.15, 0.2) is 0 Å². The largest absolute Gasteiger partial charge is 0.399 e. The van der Waals surface area contributed by atoms with Crippen LogP contribution in [0.4, 0.5) is 11.4 Å². The van der Waals surface area contributed by atoms with Crippen LogP contribution in [0.5, 0.6) is 0 Å². The Bertz CT molecular complexity index is 479. The first-order chi connectivity index (χ1) is 8.74. The highest BCUT2D eigenvalue weighted by Crippen LogP contribution is 2.14. The average Bonchev–Trinajstić information content (AvgIpc) is 2.35. The van der Waals surface area contributed by atoms with E-state index in [1.807, 2.05) is 30.3 Å². The highest BCUT2D eigenvalue weighted by molar-refractivity contribution is 5.54. The number of benzene rings is 1. The van der Waals surface area contributed by atoms with Gasteiger partial charge in [-0.25, -0.2) is 0 Å². The molecule has 18 heavy (non-hydrogen) atoms. The Hall–Kier alpha value is -2.07. The van der Waals surface area contributed by atoms with Gasteiger partial charge in [0.1, 0.15) is 0 Å². The molecule has 1 aromatic carbocycles. The summed E-state index contributed by atoms with van der Waals surface area (Å²) < 4.78 is 5.58. The van der Waals surface area contributed by atoms with Crippen LogP contribution >= 0.6 is 0 Å². The van der Waals surface area contributed by atoms with Crippen molar-refractivity contribution in [3.05, 3.63) is 53.9 Å². The zero-order chi connectivity index (χ0) is 12.8. The fourth-order valence-electron chi connectivity index (χ4n) is 1.74. The third-order valence-electron chi connectivity index (χ3n) is 2.53. The van der Waals surface area contributed by atoms with Crippen LogP contribution in [0.2, 0.25) is 0 Å². The molecule has 0 spiro atoms. The summed E-state index contributed by atoms with van der Waals surface area (Å²) in [5, 5.41) is 0. The lowest BCUT2D eigenvalue weighted by molar-refractivity contribution is 0.123. The van der Waals surface area contributed by atoms with E-state index in [4.69, 9.17) is 16.2 Å². The molecule has 0 amide bonds. The van der Waals surface area contributed by atoms with Crippen LogP contribution in [0.15, 0.2) is 42.6 Å². The van der Waals surface area contributed by atoms with Crippen molar-refractivity contribution in [1.82, 2.24) is 4.98 Å². The lowest BCUT2D eigenvalue weighted by atomic mass is 10.2. The van der Waals surface area contributed by atoms with Gasteiger partial charge in [0.25, 0.3) is 0 Å². The van der Waals surface area contributed by atoms with Gasteiger partial charge in [0, 0.05) is 29.7 Å². The van der Waals surface area contributed by atoms with Gasteiger partial charge in [-0.15, -0.1) is 0 Å². The number of anilines is 2. The molecular formula is C14H17N3O. The predicted octanol–water partition coefficient (Wildman–Crippen LogP) is 2.01. The predicted molar refractivity (Wildman–Crippen MR) is 72.9 cm³/mol. The minimum absolute atomic E-state index is 0.516. The number of hydrogen-bond acceptors (Lipinski definition) is 4. The maximum Gasteiger partial charge on any atom is 0.0718 e. The number of nitrogens with two attached hydrogens (primary N) is 2. The molecule has 0 saturated heterocycles. The SMILES string of the molecule is Nc1cc(N)cc(COCCc2ccccn2)c1. The van der Waals surface area contributed by atoms with Crippen LogP contribution in [-0.2, 0) is 17.8 Å². The average molecular weight is 243 g/mol. The second kappa shape index (κ2) is 6.02. The monoisotopic (exact) mass is 243 g/mol. The first-order valence-corrected chi connectivity index (χ1v) is 5.86. The van der Waals surface area contributed by atoms with Crippen molar-refractivity contribution < 1.29 is 4.74 Å². The van der Waals surface area contributed by atoms with Gasteiger partial charge in [-0.1, -0.05) is 6.07 Å². The van der Waals surface area contributed by atoms with E-state index in [2.05, 4.69) is 4.98 Å². The first kappa shape index (κ1) is 12.4. The van der Waals surface area contributed by atoms with Gasteiger partial charge in [-0.3, -0.25) is 4.98 Å². The van der Waals surface area contributed by atoms with E-state index in [0.717, 1.165) is 17.7 Å². The van der Waals surface area contributed by atoms with E-state index in [-0.39, 0.29) is 0 Å². The number of rotatable bonds is 5. The molecule has 2 rings (SSSR count). The fraction of sp³-hybridized carbons (Fsp3) is 0.214. The van der Waals surface area contributed by atoms with Crippen molar-refractivity contribution >= 4 is 11.4 Å². The fourth-order valence-corrected chi connectivity index (χ4v) is 1.74. The standard InChI is InChI=1S/C14H17N3O/c15-12-7-11(8-13(16)9-12)10-18-6-4-14-3-1-2-5-17-14/h1-3,5,7-9H,4,6,10,15-16H2. The van der Waals surface area contributed by atoms with Crippen LogP contribution in [0.3, 0.4) is 0 Å². The van der Waals surface area contributed by atoms with E-state index in [9.17, 15) is 0 Å². The minimum atomic E-state index is 0.516. The zero-order valence-electron chi connectivity index (χ0n) is 10.2. The van der Waals surface area contributed by atoms with Crippen molar-refractivity contribution in [3.8, 4) is 0 Å². The summed E-state index contributed by atoms with van der Waals surface area (Å²) >= 11 is 0. The second-order valence-electron chi connectivity index (χ2n) is 4.13. The molecule has 0 saturated carbocycles. The third-order valence-corrected chi connectivity index (χ3v) is 2.53. The quantitative estimate of drug-likeness (QED) is 0.622. The molecular weight excluding hydrogens is 226 g/mol. The van der Waals surface area contributed by atoms with Crippen LogP contribution in [0.25, 0.3) is 0 Å². The Balaban J connectivity index is 1.78. The Morgan fingerprint density at radius 1 is 1.06 bits per heavy atom. The summed E-state index contributed by atoms with van der Waals surface area (Å²) in [6.07, 6.45) is 2.59.